The summed E-state index contributed by atoms with van der Waals surface area (Å²) in [6.07, 6.45) is 0. The maximum absolute atomic E-state index is 11.2. The van der Waals surface area contributed by atoms with Gasteiger partial charge in [-0.05, 0) is 19.5 Å². The molecule has 1 rings (SSSR count). The van der Waals surface area contributed by atoms with Crippen LogP contribution < -0.4 is 0 Å². The Labute approximate surface area is 104 Å². The number of esters is 1. The molecule has 96 valence electrons. The average molecular weight is 237 g/mol. The highest BCUT2D eigenvalue weighted by molar-refractivity contribution is 5.71. The van der Waals surface area contributed by atoms with Gasteiger partial charge in [-0.3, -0.25) is 9.69 Å². The van der Waals surface area contributed by atoms with Crippen molar-refractivity contribution in [3.8, 4) is 0 Å². The van der Waals surface area contributed by atoms with Crippen molar-refractivity contribution in [1.29, 1.82) is 0 Å². The Hall–Kier alpha value is -1.35. The monoisotopic (exact) mass is 237 g/mol. The molecule has 17 heavy (non-hydrogen) atoms. The van der Waals surface area contributed by atoms with Crippen LogP contribution in [-0.4, -0.2) is 31.1 Å². The predicted octanol–water partition coefficient (Wildman–Crippen LogP) is 2.71. The molecule has 0 spiro atoms. The van der Waals surface area contributed by atoms with Crippen LogP contribution in [0.4, 0.5) is 0 Å². The van der Waals surface area contributed by atoms with Crippen LogP contribution in [-0.2, 0) is 16.1 Å². The average Bonchev–Trinajstić information content (AvgIpc) is 2.33. The molecule has 0 unspecified atom stereocenters. The second-order valence-electron chi connectivity index (χ2n) is 3.46. The number of benzene rings is 1. The maximum Gasteiger partial charge on any atom is 0.320 e. The van der Waals surface area contributed by atoms with E-state index in [1.54, 1.807) is 0 Å². The van der Waals surface area contributed by atoms with Crippen molar-refractivity contribution in [2.45, 2.75) is 27.3 Å². The highest BCUT2D eigenvalue weighted by Crippen LogP contribution is 2.02. The van der Waals surface area contributed by atoms with Crippen molar-refractivity contribution >= 4 is 5.97 Å². The minimum atomic E-state index is -0.170. The fourth-order valence-corrected chi connectivity index (χ4v) is 1.38. The molecule has 0 amide bonds. The molecule has 0 N–H and O–H groups in total. The normalized spacial score (nSPS) is 9.47. The second kappa shape index (κ2) is 9.85. The minimum Gasteiger partial charge on any atom is -0.465 e. The van der Waals surface area contributed by atoms with Crippen molar-refractivity contribution in [3.05, 3.63) is 35.9 Å². The Bertz CT molecular complexity index is 298. The van der Waals surface area contributed by atoms with E-state index in [0.29, 0.717) is 13.2 Å². The van der Waals surface area contributed by atoms with Gasteiger partial charge in [-0.25, -0.2) is 0 Å². The summed E-state index contributed by atoms with van der Waals surface area (Å²) in [5.41, 5.74) is 1.20. The summed E-state index contributed by atoms with van der Waals surface area (Å²) in [6, 6.07) is 10.1. The Morgan fingerprint density at radius 1 is 1.24 bits per heavy atom. The zero-order chi connectivity index (χ0) is 13.1. The topological polar surface area (TPSA) is 29.5 Å². The van der Waals surface area contributed by atoms with E-state index >= 15 is 0 Å². The fourth-order valence-electron chi connectivity index (χ4n) is 1.38. The summed E-state index contributed by atoms with van der Waals surface area (Å²) in [5.74, 6) is -0.170. The van der Waals surface area contributed by atoms with Crippen LogP contribution in [0.5, 0.6) is 0 Å². The summed E-state index contributed by atoms with van der Waals surface area (Å²) in [7, 11) is 1.91. The fraction of sp³-hybridized carbons (Fsp3) is 0.500. The van der Waals surface area contributed by atoms with Gasteiger partial charge in [0, 0.05) is 6.54 Å². The number of carbonyl (C=O) groups excluding carboxylic acids is 1. The zero-order valence-electron chi connectivity index (χ0n) is 11.3. The van der Waals surface area contributed by atoms with E-state index in [0.717, 1.165) is 6.54 Å². The summed E-state index contributed by atoms with van der Waals surface area (Å²) in [5, 5.41) is 0. The standard InChI is InChI=1S/C12H17NO2.C2H6/c1-3-15-12(14)10-13(2)9-11-7-5-4-6-8-11;1-2/h4-8H,3,9-10H2,1-2H3;1-2H3. The van der Waals surface area contributed by atoms with Crippen LogP contribution in [0.2, 0.25) is 0 Å². The van der Waals surface area contributed by atoms with Crippen molar-refractivity contribution in [1.82, 2.24) is 4.90 Å². The van der Waals surface area contributed by atoms with Gasteiger partial charge in [-0.15, -0.1) is 0 Å². The number of ether oxygens (including phenoxy) is 1. The van der Waals surface area contributed by atoms with E-state index in [4.69, 9.17) is 4.74 Å². The van der Waals surface area contributed by atoms with Crippen LogP contribution in [0.1, 0.15) is 26.3 Å². The van der Waals surface area contributed by atoms with Gasteiger partial charge >= 0.3 is 5.97 Å². The van der Waals surface area contributed by atoms with E-state index in [9.17, 15) is 4.79 Å². The van der Waals surface area contributed by atoms with E-state index in [1.807, 2.05) is 63.1 Å². The lowest BCUT2D eigenvalue weighted by atomic mass is 10.2. The molecular weight excluding hydrogens is 214 g/mol. The van der Waals surface area contributed by atoms with E-state index < -0.39 is 0 Å². The molecule has 3 heteroatoms. The quantitative estimate of drug-likeness (QED) is 0.737. The largest absolute Gasteiger partial charge is 0.465 e. The molecule has 0 radical (unpaired) electrons. The third-order valence-electron chi connectivity index (χ3n) is 2.00. The van der Waals surface area contributed by atoms with Crippen molar-refractivity contribution in [2.75, 3.05) is 20.2 Å². The SMILES string of the molecule is CC.CCOC(=O)CN(C)Cc1ccccc1. The molecule has 0 aromatic heterocycles. The van der Waals surface area contributed by atoms with Crippen molar-refractivity contribution in [2.24, 2.45) is 0 Å². The van der Waals surface area contributed by atoms with Crippen molar-refractivity contribution < 1.29 is 9.53 Å². The van der Waals surface area contributed by atoms with Gasteiger partial charge in [0.05, 0.1) is 13.2 Å². The molecule has 0 bridgehead atoms. The maximum atomic E-state index is 11.2. The van der Waals surface area contributed by atoms with Gasteiger partial charge in [0.2, 0.25) is 0 Å². The van der Waals surface area contributed by atoms with E-state index in [2.05, 4.69) is 0 Å². The smallest absolute Gasteiger partial charge is 0.320 e. The van der Waals surface area contributed by atoms with Gasteiger partial charge in [-0.2, -0.15) is 0 Å². The van der Waals surface area contributed by atoms with E-state index in [-0.39, 0.29) is 5.97 Å². The van der Waals surface area contributed by atoms with Gasteiger partial charge < -0.3 is 4.74 Å². The van der Waals surface area contributed by atoms with Gasteiger partial charge in [0.15, 0.2) is 0 Å². The lowest BCUT2D eigenvalue weighted by Crippen LogP contribution is -2.26. The first-order valence-corrected chi connectivity index (χ1v) is 6.10. The van der Waals surface area contributed by atoms with Gasteiger partial charge in [-0.1, -0.05) is 44.2 Å². The Morgan fingerprint density at radius 3 is 2.35 bits per heavy atom. The van der Waals surface area contributed by atoms with E-state index in [1.165, 1.54) is 5.56 Å². The molecule has 0 heterocycles. The Kier molecular flexibility index (Phi) is 9.06. The molecule has 1 aromatic carbocycles. The highest BCUT2D eigenvalue weighted by Gasteiger charge is 2.06. The van der Waals surface area contributed by atoms with Crippen LogP contribution in [0, 0.1) is 0 Å². The molecule has 3 nitrogen and oxygen atoms in total. The highest BCUT2D eigenvalue weighted by atomic mass is 16.5. The van der Waals surface area contributed by atoms with Crippen molar-refractivity contribution in [3.63, 3.8) is 0 Å². The zero-order valence-corrected chi connectivity index (χ0v) is 11.3. The number of carbonyl (C=O) groups is 1. The van der Waals surface area contributed by atoms with Crippen LogP contribution in [0.25, 0.3) is 0 Å². The first-order chi connectivity index (χ1) is 8.22. The molecule has 1 aromatic rings. The molecule has 0 fully saturated rings. The molecular formula is C14H23NO2. The van der Waals surface area contributed by atoms with Gasteiger partial charge in [0.25, 0.3) is 0 Å². The van der Waals surface area contributed by atoms with Crippen LogP contribution in [0.3, 0.4) is 0 Å². The number of hydrogen-bond donors (Lipinski definition) is 0. The Morgan fingerprint density at radius 2 is 1.82 bits per heavy atom. The molecule has 0 aliphatic rings. The minimum absolute atomic E-state index is 0.170. The summed E-state index contributed by atoms with van der Waals surface area (Å²) >= 11 is 0. The molecule has 0 atom stereocenters. The van der Waals surface area contributed by atoms with Crippen LogP contribution in [0.15, 0.2) is 30.3 Å². The Balaban J connectivity index is 0.00000121. The summed E-state index contributed by atoms with van der Waals surface area (Å²) in [6.45, 7) is 7.36. The van der Waals surface area contributed by atoms with Crippen LogP contribution >= 0.6 is 0 Å². The van der Waals surface area contributed by atoms with Gasteiger partial charge in [0.1, 0.15) is 0 Å². The molecule has 0 saturated heterocycles. The molecule has 0 aliphatic carbocycles. The molecule has 0 aliphatic heterocycles. The predicted molar refractivity (Wildman–Crippen MR) is 70.8 cm³/mol. The number of likely N-dealkylation sites (N-methyl/N-ethyl adjacent to an activating group) is 1. The number of rotatable bonds is 5. The third-order valence-corrected chi connectivity index (χ3v) is 2.00. The first-order valence-electron chi connectivity index (χ1n) is 6.10. The third kappa shape index (κ3) is 7.53. The first kappa shape index (κ1) is 15.7. The molecule has 0 saturated carbocycles. The number of hydrogen-bond acceptors (Lipinski definition) is 3. The summed E-state index contributed by atoms with van der Waals surface area (Å²) in [4.78, 5) is 13.1. The lowest BCUT2D eigenvalue weighted by molar-refractivity contribution is -0.144. The lowest BCUT2D eigenvalue weighted by Gasteiger charge is -2.15. The second-order valence-corrected chi connectivity index (χ2v) is 3.46. The summed E-state index contributed by atoms with van der Waals surface area (Å²) < 4.78 is 4.87. The number of nitrogens with zero attached hydrogens (tertiary/aromatic N) is 1.